The molecule has 114 valence electrons. The molecule has 1 aromatic carbocycles. The zero-order valence-corrected chi connectivity index (χ0v) is 13.0. The molecule has 0 aromatic heterocycles. The summed E-state index contributed by atoms with van der Waals surface area (Å²) in [6.07, 6.45) is 7.71. The van der Waals surface area contributed by atoms with E-state index in [9.17, 15) is 4.79 Å². The van der Waals surface area contributed by atoms with Gasteiger partial charge in [0.15, 0.2) is 0 Å². The Hall–Kier alpha value is -1.51. The average Bonchev–Trinajstić information content (AvgIpc) is 2.49. The second-order valence-corrected chi connectivity index (χ2v) is 6.82. The number of amides is 1. The monoisotopic (exact) mass is 286 g/mol. The summed E-state index contributed by atoms with van der Waals surface area (Å²) in [5, 5.41) is 0. The predicted octanol–water partition coefficient (Wildman–Crippen LogP) is 3.76. The van der Waals surface area contributed by atoms with E-state index < -0.39 is 0 Å². The van der Waals surface area contributed by atoms with Gasteiger partial charge >= 0.3 is 0 Å². The van der Waals surface area contributed by atoms with Crippen LogP contribution in [0.5, 0.6) is 0 Å². The van der Waals surface area contributed by atoms with Gasteiger partial charge in [-0.3, -0.25) is 4.79 Å². The Morgan fingerprint density at radius 1 is 1.29 bits per heavy atom. The molecule has 21 heavy (non-hydrogen) atoms. The van der Waals surface area contributed by atoms with Gasteiger partial charge in [0.05, 0.1) is 0 Å². The van der Waals surface area contributed by atoms with Crippen molar-refractivity contribution >= 4 is 17.3 Å². The number of hydrogen-bond donors (Lipinski definition) is 1. The molecule has 2 N–H and O–H groups in total. The molecule has 0 atom stereocenters. The van der Waals surface area contributed by atoms with Crippen LogP contribution in [0.1, 0.15) is 51.0 Å². The molecule has 3 nitrogen and oxygen atoms in total. The highest BCUT2D eigenvalue weighted by Crippen LogP contribution is 2.34. The number of carbonyl (C=O) groups is 1. The summed E-state index contributed by atoms with van der Waals surface area (Å²) in [6.45, 7) is 3.17. The van der Waals surface area contributed by atoms with E-state index in [1.807, 2.05) is 23.1 Å². The van der Waals surface area contributed by atoms with Crippen LogP contribution in [-0.4, -0.2) is 12.5 Å². The van der Waals surface area contributed by atoms with Crippen molar-refractivity contribution in [3.63, 3.8) is 0 Å². The topological polar surface area (TPSA) is 46.3 Å². The molecule has 0 bridgehead atoms. The fraction of sp³-hybridized carbons (Fsp3) is 0.611. The van der Waals surface area contributed by atoms with E-state index in [-0.39, 0.29) is 0 Å². The second-order valence-electron chi connectivity index (χ2n) is 6.82. The lowest BCUT2D eigenvalue weighted by Gasteiger charge is -2.32. The van der Waals surface area contributed by atoms with Gasteiger partial charge in [0.2, 0.25) is 5.91 Å². The fourth-order valence-corrected chi connectivity index (χ4v) is 3.80. The van der Waals surface area contributed by atoms with E-state index >= 15 is 0 Å². The van der Waals surface area contributed by atoms with Crippen LogP contribution in [0.2, 0.25) is 0 Å². The van der Waals surface area contributed by atoms with E-state index in [4.69, 9.17) is 5.73 Å². The van der Waals surface area contributed by atoms with Crippen molar-refractivity contribution in [3.8, 4) is 0 Å². The van der Waals surface area contributed by atoms with Gasteiger partial charge in [-0.15, -0.1) is 0 Å². The van der Waals surface area contributed by atoms with Gasteiger partial charge in [-0.25, -0.2) is 0 Å². The maximum absolute atomic E-state index is 12.7. The number of fused-ring (bicyclic) bond motifs is 1. The number of anilines is 2. The van der Waals surface area contributed by atoms with Crippen molar-refractivity contribution in [2.24, 2.45) is 11.8 Å². The summed E-state index contributed by atoms with van der Waals surface area (Å²) in [5.74, 6) is 1.72. The Morgan fingerprint density at radius 2 is 2.05 bits per heavy atom. The first-order chi connectivity index (χ1) is 10.1. The lowest BCUT2D eigenvalue weighted by Crippen LogP contribution is -2.37. The Kier molecular flexibility index (Phi) is 4.18. The van der Waals surface area contributed by atoms with Gasteiger partial charge in [-0.05, 0) is 55.2 Å². The van der Waals surface area contributed by atoms with E-state index in [1.54, 1.807) is 0 Å². The summed E-state index contributed by atoms with van der Waals surface area (Å²) in [4.78, 5) is 14.7. The van der Waals surface area contributed by atoms with Crippen molar-refractivity contribution in [2.75, 3.05) is 17.2 Å². The summed E-state index contributed by atoms with van der Waals surface area (Å²) >= 11 is 0. The van der Waals surface area contributed by atoms with Crippen LogP contribution in [0.15, 0.2) is 18.2 Å². The smallest absolute Gasteiger partial charge is 0.227 e. The third-order valence-corrected chi connectivity index (χ3v) is 5.19. The molecule has 0 unspecified atom stereocenters. The number of nitrogen functional groups attached to an aromatic ring is 1. The van der Waals surface area contributed by atoms with Crippen molar-refractivity contribution in [2.45, 2.75) is 51.9 Å². The van der Waals surface area contributed by atoms with E-state index in [0.717, 1.165) is 42.2 Å². The van der Waals surface area contributed by atoms with Crippen molar-refractivity contribution in [1.82, 2.24) is 0 Å². The Morgan fingerprint density at radius 3 is 2.81 bits per heavy atom. The Bertz CT molecular complexity index is 518. The highest BCUT2D eigenvalue weighted by molar-refractivity contribution is 5.95. The minimum Gasteiger partial charge on any atom is -0.398 e. The van der Waals surface area contributed by atoms with E-state index in [2.05, 4.69) is 6.92 Å². The standard InChI is InChI=1S/C18H26N2O/c1-13-7-9-14(10-8-13)12-18(21)20-11-3-4-15-16(19)5-2-6-17(15)20/h2,5-6,13-14H,3-4,7-12,19H2,1H3. The molecular weight excluding hydrogens is 260 g/mol. The molecule has 3 heteroatoms. The van der Waals surface area contributed by atoms with Crippen molar-refractivity contribution in [3.05, 3.63) is 23.8 Å². The molecule has 0 spiro atoms. The van der Waals surface area contributed by atoms with Crippen molar-refractivity contribution in [1.29, 1.82) is 0 Å². The van der Waals surface area contributed by atoms with Gasteiger partial charge in [0, 0.05) is 24.3 Å². The third-order valence-electron chi connectivity index (χ3n) is 5.19. The molecular formula is C18H26N2O. The average molecular weight is 286 g/mol. The first-order valence-corrected chi connectivity index (χ1v) is 8.33. The number of carbonyl (C=O) groups excluding carboxylic acids is 1. The molecule has 2 aliphatic rings. The second kappa shape index (κ2) is 6.08. The Labute approximate surface area is 127 Å². The molecule has 1 heterocycles. The third kappa shape index (κ3) is 3.07. The van der Waals surface area contributed by atoms with Crippen LogP contribution in [0, 0.1) is 11.8 Å². The van der Waals surface area contributed by atoms with Crippen molar-refractivity contribution < 1.29 is 4.79 Å². The number of benzene rings is 1. The van der Waals surface area contributed by atoms with Crippen LogP contribution in [0.3, 0.4) is 0 Å². The molecule has 1 fully saturated rings. The van der Waals surface area contributed by atoms with Crippen LogP contribution in [0.25, 0.3) is 0 Å². The summed E-state index contributed by atoms with van der Waals surface area (Å²) in [7, 11) is 0. The minimum atomic E-state index is 0.293. The molecule has 1 aliphatic carbocycles. The predicted molar refractivity (Wildman–Crippen MR) is 87.3 cm³/mol. The van der Waals surface area contributed by atoms with Gasteiger partial charge in [0.1, 0.15) is 0 Å². The molecule has 0 radical (unpaired) electrons. The van der Waals surface area contributed by atoms with E-state index in [1.165, 1.54) is 25.7 Å². The summed E-state index contributed by atoms with van der Waals surface area (Å²) in [5.41, 5.74) is 9.11. The molecule has 0 saturated heterocycles. The first kappa shape index (κ1) is 14.4. The van der Waals surface area contributed by atoms with Gasteiger partial charge < -0.3 is 10.6 Å². The van der Waals surface area contributed by atoms with Crippen LogP contribution >= 0.6 is 0 Å². The van der Waals surface area contributed by atoms with Crippen LogP contribution in [-0.2, 0) is 11.2 Å². The number of hydrogen-bond acceptors (Lipinski definition) is 2. The largest absolute Gasteiger partial charge is 0.398 e. The SMILES string of the molecule is CC1CCC(CC(=O)N2CCCc3c(N)cccc32)CC1. The maximum Gasteiger partial charge on any atom is 0.227 e. The lowest BCUT2D eigenvalue weighted by atomic mass is 9.81. The van der Waals surface area contributed by atoms with Gasteiger partial charge in [-0.2, -0.15) is 0 Å². The molecule has 1 saturated carbocycles. The maximum atomic E-state index is 12.7. The minimum absolute atomic E-state index is 0.293. The molecule has 3 rings (SSSR count). The quantitative estimate of drug-likeness (QED) is 0.841. The number of nitrogens with two attached hydrogens (primary N) is 1. The lowest BCUT2D eigenvalue weighted by molar-refractivity contribution is -0.119. The van der Waals surface area contributed by atoms with Crippen LogP contribution in [0.4, 0.5) is 11.4 Å². The summed E-state index contributed by atoms with van der Waals surface area (Å²) in [6, 6.07) is 5.95. The fourth-order valence-electron chi connectivity index (χ4n) is 3.80. The van der Waals surface area contributed by atoms with Crippen LogP contribution < -0.4 is 10.6 Å². The number of rotatable bonds is 2. The van der Waals surface area contributed by atoms with E-state index in [0.29, 0.717) is 18.2 Å². The number of nitrogens with zero attached hydrogens (tertiary/aromatic N) is 1. The molecule has 1 aromatic rings. The zero-order chi connectivity index (χ0) is 14.8. The highest BCUT2D eigenvalue weighted by Gasteiger charge is 2.27. The first-order valence-electron chi connectivity index (χ1n) is 8.33. The van der Waals surface area contributed by atoms with Gasteiger partial charge in [-0.1, -0.05) is 25.8 Å². The highest BCUT2D eigenvalue weighted by atomic mass is 16.2. The zero-order valence-electron chi connectivity index (χ0n) is 13.0. The Balaban J connectivity index is 1.70. The molecule has 1 amide bonds. The van der Waals surface area contributed by atoms with Gasteiger partial charge in [0.25, 0.3) is 0 Å². The molecule has 1 aliphatic heterocycles. The summed E-state index contributed by atoms with van der Waals surface area (Å²) < 4.78 is 0. The normalized spacial score (nSPS) is 25.5.